The molecule has 0 fully saturated rings. The van der Waals surface area contributed by atoms with Gasteiger partial charge in [-0.1, -0.05) is 0 Å². The first-order valence-electron chi connectivity index (χ1n) is 3.23. The van der Waals surface area contributed by atoms with Crippen LogP contribution in [-0.4, -0.2) is 4.92 Å². The molecule has 0 saturated carbocycles. The molecule has 0 bridgehead atoms. The highest BCUT2D eigenvalue weighted by molar-refractivity contribution is 14.1. The van der Waals surface area contributed by atoms with Crippen molar-refractivity contribution in [2.24, 2.45) is 0 Å². The van der Waals surface area contributed by atoms with E-state index in [-0.39, 0.29) is 10.6 Å². The van der Waals surface area contributed by atoms with Crippen molar-refractivity contribution in [3.8, 4) is 0 Å². The summed E-state index contributed by atoms with van der Waals surface area (Å²) in [6.07, 6.45) is 0. The Kier molecular flexibility index (Phi) is 4.16. The minimum atomic E-state index is -0.338. The van der Waals surface area contributed by atoms with Gasteiger partial charge in [-0.25, -0.2) is 0 Å². The van der Waals surface area contributed by atoms with E-state index in [4.69, 9.17) is 0 Å². The number of nitrogens with zero attached hydrogens (tertiary/aromatic N) is 1. The van der Waals surface area contributed by atoms with Gasteiger partial charge >= 0.3 is 0 Å². The molecule has 0 atom stereocenters. The summed E-state index contributed by atoms with van der Waals surface area (Å²) in [5.74, 6) is 0. The van der Waals surface area contributed by atoms with Crippen LogP contribution in [0, 0.1) is 27.7 Å². The monoisotopic (exact) mass is 515 g/mol. The zero-order valence-electron chi connectivity index (χ0n) is 6.47. The van der Waals surface area contributed by atoms with Crippen molar-refractivity contribution < 1.29 is 4.92 Å². The number of halogens is 3. The van der Waals surface area contributed by atoms with E-state index in [9.17, 15) is 10.1 Å². The van der Waals surface area contributed by atoms with Crippen LogP contribution < -0.4 is 0 Å². The van der Waals surface area contributed by atoms with E-state index in [1.807, 2.05) is 0 Å². The molecule has 0 aliphatic rings. The Hall–Kier alpha value is 0.810. The average molecular weight is 515 g/mol. The molecule has 0 spiro atoms. The van der Waals surface area contributed by atoms with Crippen molar-refractivity contribution in [3.05, 3.63) is 32.5 Å². The van der Waals surface area contributed by atoms with Crippen LogP contribution >= 0.6 is 67.8 Å². The largest absolute Gasteiger partial charge is 0.274 e. The predicted molar refractivity (Wildman–Crippen MR) is 76.0 cm³/mol. The number of nitro benzene ring substituents is 1. The Morgan fingerprint density at radius 2 is 1.85 bits per heavy atom. The summed E-state index contributed by atoms with van der Waals surface area (Å²) in [6.45, 7) is 1.78. The van der Waals surface area contributed by atoms with Gasteiger partial charge in [0.15, 0.2) is 0 Å². The van der Waals surface area contributed by atoms with E-state index < -0.39 is 0 Å². The SMILES string of the molecule is Cc1c([N+](=O)[O-])cc(I)c(I)c1I. The fourth-order valence-electron chi connectivity index (χ4n) is 0.863. The van der Waals surface area contributed by atoms with E-state index in [0.717, 1.165) is 16.3 Å². The van der Waals surface area contributed by atoms with Crippen molar-refractivity contribution in [1.29, 1.82) is 0 Å². The van der Waals surface area contributed by atoms with Gasteiger partial charge in [0, 0.05) is 22.3 Å². The normalized spacial score (nSPS) is 10.2. The summed E-state index contributed by atoms with van der Waals surface area (Å²) >= 11 is 6.44. The third kappa shape index (κ3) is 2.43. The Morgan fingerprint density at radius 3 is 2.31 bits per heavy atom. The van der Waals surface area contributed by atoms with E-state index in [0.29, 0.717) is 0 Å². The number of nitro groups is 1. The maximum absolute atomic E-state index is 10.6. The highest BCUT2D eigenvalue weighted by Crippen LogP contribution is 2.30. The molecule has 6 heteroatoms. The molecule has 1 rings (SSSR count). The number of hydrogen-bond acceptors (Lipinski definition) is 2. The topological polar surface area (TPSA) is 43.1 Å². The predicted octanol–water partition coefficient (Wildman–Crippen LogP) is 3.72. The fourth-order valence-corrected chi connectivity index (χ4v) is 3.07. The van der Waals surface area contributed by atoms with Crippen molar-refractivity contribution in [1.82, 2.24) is 0 Å². The number of benzene rings is 1. The second-order valence-electron chi connectivity index (χ2n) is 2.39. The highest BCUT2D eigenvalue weighted by atomic mass is 127. The van der Waals surface area contributed by atoms with Crippen molar-refractivity contribution in [3.63, 3.8) is 0 Å². The van der Waals surface area contributed by atoms with Crippen molar-refractivity contribution in [2.75, 3.05) is 0 Å². The highest BCUT2D eigenvalue weighted by Gasteiger charge is 2.17. The summed E-state index contributed by atoms with van der Waals surface area (Å²) in [6, 6.07) is 1.61. The Balaban J connectivity index is 3.50. The van der Waals surface area contributed by atoms with Crippen LogP contribution in [0.3, 0.4) is 0 Å². The molecule has 1 aromatic rings. The van der Waals surface area contributed by atoms with Gasteiger partial charge in [-0.15, -0.1) is 0 Å². The van der Waals surface area contributed by atoms with Crippen molar-refractivity contribution >= 4 is 73.5 Å². The molecule has 0 saturated heterocycles. The molecule has 3 nitrogen and oxygen atoms in total. The molecule has 70 valence electrons. The molecule has 0 amide bonds. The summed E-state index contributed by atoms with van der Waals surface area (Å²) < 4.78 is 2.98. The van der Waals surface area contributed by atoms with Gasteiger partial charge in [0.25, 0.3) is 5.69 Å². The average Bonchev–Trinajstić information content (AvgIpc) is 2.07. The van der Waals surface area contributed by atoms with Crippen LogP contribution in [-0.2, 0) is 0 Å². The lowest BCUT2D eigenvalue weighted by molar-refractivity contribution is -0.385. The second kappa shape index (κ2) is 4.55. The molecular weight excluding hydrogens is 511 g/mol. The minimum absolute atomic E-state index is 0.203. The lowest BCUT2D eigenvalue weighted by atomic mass is 10.2. The van der Waals surface area contributed by atoms with Gasteiger partial charge in [-0.05, 0) is 74.7 Å². The molecule has 0 aromatic heterocycles. The number of hydrogen-bond donors (Lipinski definition) is 0. The molecule has 0 aliphatic carbocycles. The van der Waals surface area contributed by atoms with Crippen LogP contribution in [0.5, 0.6) is 0 Å². The molecule has 0 N–H and O–H groups in total. The molecule has 0 unspecified atom stereocenters. The van der Waals surface area contributed by atoms with Gasteiger partial charge < -0.3 is 0 Å². The number of rotatable bonds is 1. The van der Waals surface area contributed by atoms with Crippen molar-refractivity contribution in [2.45, 2.75) is 6.92 Å². The van der Waals surface area contributed by atoms with Crippen LogP contribution in [0.2, 0.25) is 0 Å². The first kappa shape index (κ1) is 11.9. The van der Waals surface area contributed by atoms with E-state index in [2.05, 4.69) is 67.8 Å². The van der Waals surface area contributed by atoms with Crippen LogP contribution in [0.4, 0.5) is 5.69 Å². The van der Waals surface area contributed by atoms with E-state index in [1.54, 1.807) is 13.0 Å². The van der Waals surface area contributed by atoms with Gasteiger partial charge in [0.1, 0.15) is 0 Å². The molecule has 1 aromatic carbocycles. The molecule has 0 aliphatic heterocycles. The first-order chi connectivity index (χ1) is 5.95. The summed E-state index contributed by atoms with van der Waals surface area (Å²) in [5, 5.41) is 10.6. The van der Waals surface area contributed by atoms with Crippen LogP contribution in [0.1, 0.15) is 5.56 Å². The van der Waals surface area contributed by atoms with Crippen LogP contribution in [0.25, 0.3) is 0 Å². The minimum Gasteiger partial charge on any atom is -0.258 e. The molecular formula is C7H4I3NO2. The lowest BCUT2D eigenvalue weighted by Crippen LogP contribution is -1.98. The summed E-state index contributed by atoms with van der Waals surface area (Å²) in [5.41, 5.74) is 0.949. The summed E-state index contributed by atoms with van der Waals surface area (Å²) in [7, 11) is 0. The van der Waals surface area contributed by atoms with Gasteiger partial charge in [0.05, 0.1) is 4.92 Å². The third-order valence-electron chi connectivity index (χ3n) is 1.58. The standard InChI is InChI=1S/C7H4I3NO2/c1-3-5(11(12)13)2-4(8)7(10)6(3)9/h2H,1H3. The van der Waals surface area contributed by atoms with E-state index >= 15 is 0 Å². The van der Waals surface area contributed by atoms with Gasteiger partial charge in [-0.2, -0.15) is 0 Å². The lowest BCUT2D eigenvalue weighted by Gasteiger charge is -2.04. The Labute approximate surface area is 116 Å². The zero-order valence-corrected chi connectivity index (χ0v) is 12.9. The Morgan fingerprint density at radius 1 is 1.31 bits per heavy atom. The molecule has 0 radical (unpaired) electrons. The quantitative estimate of drug-likeness (QED) is 0.248. The third-order valence-corrected chi connectivity index (χ3v) is 6.96. The van der Waals surface area contributed by atoms with E-state index in [1.165, 1.54) is 0 Å². The fraction of sp³-hybridized carbons (Fsp3) is 0.143. The smallest absolute Gasteiger partial charge is 0.258 e. The second-order valence-corrected chi connectivity index (χ2v) is 5.71. The zero-order chi connectivity index (χ0) is 10.2. The first-order valence-corrected chi connectivity index (χ1v) is 6.47. The maximum atomic E-state index is 10.6. The Bertz CT molecular complexity index is 378. The molecule has 0 heterocycles. The van der Waals surface area contributed by atoms with Gasteiger partial charge in [0.2, 0.25) is 0 Å². The maximum Gasteiger partial charge on any atom is 0.274 e. The van der Waals surface area contributed by atoms with Gasteiger partial charge in [-0.3, -0.25) is 10.1 Å². The van der Waals surface area contributed by atoms with Crippen LogP contribution in [0.15, 0.2) is 6.07 Å². The molecule has 13 heavy (non-hydrogen) atoms. The summed E-state index contributed by atoms with van der Waals surface area (Å²) in [4.78, 5) is 10.3.